The van der Waals surface area contributed by atoms with Gasteiger partial charge in [-0.3, -0.25) is 9.59 Å². The SMILES string of the molecule is C[C@@H]1C(=O)O[C@]12[C@@H](C)[C@@H]2C(=O)c1ccccc1. The average Bonchev–Trinajstić information content (AvgIpc) is 2.97. The predicted molar refractivity (Wildman–Crippen MR) is 61.4 cm³/mol. The zero-order chi connectivity index (χ0) is 12.2. The van der Waals surface area contributed by atoms with Crippen molar-refractivity contribution in [2.75, 3.05) is 0 Å². The van der Waals surface area contributed by atoms with E-state index in [0.29, 0.717) is 5.56 Å². The highest BCUT2D eigenvalue weighted by molar-refractivity contribution is 6.03. The highest BCUT2D eigenvalue weighted by Gasteiger charge is 2.78. The van der Waals surface area contributed by atoms with Crippen molar-refractivity contribution in [3.8, 4) is 0 Å². The fraction of sp³-hybridized carbons (Fsp3) is 0.429. The van der Waals surface area contributed by atoms with E-state index in [4.69, 9.17) is 4.74 Å². The molecule has 2 aliphatic rings. The maximum Gasteiger partial charge on any atom is 0.313 e. The van der Waals surface area contributed by atoms with Crippen LogP contribution < -0.4 is 0 Å². The first-order valence-electron chi connectivity index (χ1n) is 5.91. The molecule has 3 nitrogen and oxygen atoms in total. The van der Waals surface area contributed by atoms with Crippen molar-refractivity contribution >= 4 is 11.8 Å². The quantitative estimate of drug-likeness (QED) is 0.577. The number of Topliss-reactive ketones (excluding diaryl/α,β-unsaturated/α-hetero) is 1. The normalized spacial score (nSPS) is 38.5. The second-order valence-electron chi connectivity index (χ2n) is 4.99. The highest BCUT2D eigenvalue weighted by atomic mass is 16.6. The Labute approximate surface area is 99.8 Å². The van der Waals surface area contributed by atoms with Crippen LogP contribution in [0.15, 0.2) is 30.3 Å². The number of rotatable bonds is 2. The van der Waals surface area contributed by atoms with Gasteiger partial charge in [-0.15, -0.1) is 0 Å². The number of hydrogen-bond acceptors (Lipinski definition) is 3. The maximum atomic E-state index is 12.3. The third kappa shape index (κ3) is 1.17. The Bertz CT molecular complexity index is 493. The first-order chi connectivity index (χ1) is 8.09. The van der Waals surface area contributed by atoms with Gasteiger partial charge in [0.1, 0.15) is 5.60 Å². The number of carbonyl (C=O) groups excluding carboxylic acids is 2. The van der Waals surface area contributed by atoms with Crippen LogP contribution >= 0.6 is 0 Å². The topological polar surface area (TPSA) is 43.4 Å². The fourth-order valence-corrected chi connectivity index (χ4v) is 3.07. The summed E-state index contributed by atoms with van der Waals surface area (Å²) in [5.41, 5.74) is 0.209. The predicted octanol–water partition coefficient (Wildman–Crippen LogP) is 2.07. The van der Waals surface area contributed by atoms with Crippen molar-refractivity contribution in [3.63, 3.8) is 0 Å². The molecule has 1 saturated heterocycles. The molecule has 1 aromatic carbocycles. The molecular weight excluding hydrogens is 216 g/mol. The lowest BCUT2D eigenvalue weighted by atomic mass is 9.91. The van der Waals surface area contributed by atoms with Crippen LogP contribution in [0, 0.1) is 17.8 Å². The summed E-state index contributed by atoms with van der Waals surface area (Å²) < 4.78 is 5.26. The summed E-state index contributed by atoms with van der Waals surface area (Å²) >= 11 is 0. The Morgan fingerprint density at radius 3 is 2.41 bits per heavy atom. The molecule has 1 saturated carbocycles. The molecule has 0 amide bonds. The van der Waals surface area contributed by atoms with Gasteiger partial charge < -0.3 is 4.74 Å². The first-order valence-corrected chi connectivity index (χ1v) is 5.91. The summed E-state index contributed by atoms with van der Waals surface area (Å²) in [6, 6.07) is 9.21. The molecule has 0 bridgehead atoms. The third-order valence-corrected chi connectivity index (χ3v) is 4.24. The second-order valence-corrected chi connectivity index (χ2v) is 4.99. The Kier molecular flexibility index (Phi) is 1.97. The van der Waals surface area contributed by atoms with Gasteiger partial charge in [-0.1, -0.05) is 37.3 Å². The molecule has 1 aliphatic heterocycles. The van der Waals surface area contributed by atoms with Crippen molar-refractivity contribution in [1.29, 1.82) is 0 Å². The van der Waals surface area contributed by atoms with Crippen LogP contribution in [0.4, 0.5) is 0 Å². The van der Waals surface area contributed by atoms with Crippen LogP contribution in [-0.2, 0) is 9.53 Å². The fourth-order valence-electron chi connectivity index (χ4n) is 3.07. The minimum atomic E-state index is -0.496. The van der Waals surface area contributed by atoms with Gasteiger partial charge in [-0.25, -0.2) is 0 Å². The lowest BCUT2D eigenvalue weighted by Gasteiger charge is -2.34. The van der Waals surface area contributed by atoms with Crippen molar-refractivity contribution in [1.82, 2.24) is 0 Å². The summed E-state index contributed by atoms with van der Waals surface area (Å²) in [5, 5.41) is 0. The Balaban J connectivity index is 1.85. The summed E-state index contributed by atoms with van der Waals surface area (Å²) in [7, 11) is 0. The van der Waals surface area contributed by atoms with Crippen molar-refractivity contribution in [2.24, 2.45) is 17.8 Å². The van der Waals surface area contributed by atoms with Gasteiger partial charge in [0.2, 0.25) is 0 Å². The number of ether oxygens (including phenoxy) is 1. The van der Waals surface area contributed by atoms with Gasteiger partial charge in [0.05, 0.1) is 11.8 Å². The number of hydrogen-bond donors (Lipinski definition) is 0. The largest absolute Gasteiger partial charge is 0.457 e. The highest BCUT2D eigenvalue weighted by Crippen LogP contribution is 2.64. The van der Waals surface area contributed by atoms with E-state index >= 15 is 0 Å². The molecule has 1 spiro atoms. The number of esters is 1. The van der Waals surface area contributed by atoms with E-state index in [1.165, 1.54) is 0 Å². The molecule has 1 heterocycles. The van der Waals surface area contributed by atoms with Gasteiger partial charge >= 0.3 is 5.97 Å². The lowest BCUT2D eigenvalue weighted by Crippen LogP contribution is -2.48. The minimum absolute atomic E-state index is 0.0949. The van der Waals surface area contributed by atoms with Gasteiger partial charge in [-0.2, -0.15) is 0 Å². The van der Waals surface area contributed by atoms with Crippen LogP contribution in [0.25, 0.3) is 0 Å². The summed E-state index contributed by atoms with van der Waals surface area (Å²) in [4.78, 5) is 23.5. The molecule has 1 aromatic rings. The Morgan fingerprint density at radius 2 is 1.88 bits per heavy atom. The summed E-state index contributed by atoms with van der Waals surface area (Å²) in [6.07, 6.45) is 0. The summed E-state index contributed by atoms with van der Waals surface area (Å²) in [6.45, 7) is 3.83. The number of ketones is 1. The third-order valence-electron chi connectivity index (χ3n) is 4.24. The molecule has 88 valence electrons. The minimum Gasteiger partial charge on any atom is -0.457 e. The molecule has 0 N–H and O–H groups in total. The zero-order valence-corrected chi connectivity index (χ0v) is 9.84. The molecule has 3 rings (SSSR count). The number of benzene rings is 1. The van der Waals surface area contributed by atoms with Crippen molar-refractivity contribution < 1.29 is 14.3 Å². The molecule has 2 fully saturated rings. The molecule has 17 heavy (non-hydrogen) atoms. The lowest BCUT2D eigenvalue weighted by molar-refractivity contribution is -0.192. The first kappa shape index (κ1) is 10.5. The molecule has 3 heteroatoms. The standard InChI is InChI=1S/C14H14O3/c1-8-11(14(8)9(2)13(16)17-14)12(15)10-6-4-3-5-7-10/h3-9,11H,1-2H3/t8-,9+,11+,14+/m0/s1. The van der Waals surface area contributed by atoms with E-state index in [1.807, 2.05) is 44.2 Å². The van der Waals surface area contributed by atoms with E-state index in [1.54, 1.807) is 0 Å². The average molecular weight is 230 g/mol. The second kappa shape index (κ2) is 3.19. The van der Waals surface area contributed by atoms with E-state index in [9.17, 15) is 9.59 Å². The van der Waals surface area contributed by atoms with Gasteiger partial charge in [0, 0.05) is 11.5 Å². The molecule has 0 radical (unpaired) electrons. The number of carbonyl (C=O) groups is 2. The molecule has 4 atom stereocenters. The van der Waals surface area contributed by atoms with Crippen LogP contribution in [0.5, 0.6) is 0 Å². The maximum absolute atomic E-state index is 12.3. The molecule has 0 unspecified atom stereocenters. The van der Waals surface area contributed by atoms with Crippen LogP contribution in [0.3, 0.4) is 0 Å². The van der Waals surface area contributed by atoms with E-state index in [2.05, 4.69) is 0 Å². The van der Waals surface area contributed by atoms with Crippen LogP contribution in [0.2, 0.25) is 0 Å². The smallest absolute Gasteiger partial charge is 0.313 e. The monoisotopic (exact) mass is 230 g/mol. The van der Waals surface area contributed by atoms with Gasteiger partial charge in [-0.05, 0) is 6.92 Å². The molecule has 0 aromatic heterocycles. The molecular formula is C14H14O3. The molecule has 1 aliphatic carbocycles. The van der Waals surface area contributed by atoms with Crippen LogP contribution in [0.1, 0.15) is 24.2 Å². The summed E-state index contributed by atoms with van der Waals surface area (Å²) in [5.74, 6) is -0.242. The zero-order valence-electron chi connectivity index (χ0n) is 9.84. The van der Waals surface area contributed by atoms with E-state index in [0.717, 1.165) is 0 Å². The van der Waals surface area contributed by atoms with Crippen molar-refractivity contribution in [2.45, 2.75) is 19.4 Å². The Morgan fingerprint density at radius 1 is 1.24 bits per heavy atom. The van der Waals surface area contributed by atoms with Gasteiger partial charge in [0.15, 0.2) is 5.78 Å². The van der Waals surface area contributed by atoms with E-state index in [-0.39, 0.29) is 29.5 Å². The Hall–Kier alpha value is -1.64. The van der Waals surface area contributed by atoms with E-state index < -0.39 is 5.60 Å². The van der Waals surface area contributed by atoms with Crippen molar-refractivity contribution in [3.05, 3.63) is 35.9 Å². The van der Waals surface area contributed by atoms with Crippen LogP contribution in [-0.4, -0.2) is 17.4 Å². The van der Waals surface area contributed by atoms with Gasteiger partial charge in [0.25, 0.3) is 0 Å².